The standard InChI is InChI=1S/C16H14O3/c1-2-12-8-9-13(15-14(12)19-15)16(17)18-10-11-6-4-3-5-7-11/h3-9H,2,10H2,1H3. The Bertz CT molecular complexity index is 617. The molecular formula is C16H14O3. The summed E-state index contributed by atoms with van der Waals surface area (Å²) >= 11 is 0. The van der Waals surface area contributed by atoms with Crippen molar-refractivity contribution >= 4 is 5.97 Å². The van der Waals surface area contributed by atoms with Crippen LogP contribution in [0.25, 0.3) is 0 Å². The van der Waals surface area contributed by atoms with E-state index in [1.54, 1.807) is 6.07 Å². The van der Waals surface area contributed by atoms with Crippen molar-refractivity contribution in [3.05, 3.63) is 59.2 Å². The van der Waals surface area contributed by atoms with Gasteiger partial charge in [0.05, 0.1) is 0 Å². The van der Waals surface area contributed by atoms with Gasteiger partial charge in [-0.1, -0.05) is 43.3 Å². The molecule has 0 saturated carbocycles. The summed E-state index contributed by atoms with van der Waals surface area (Å²) in [7, 11) is 0. The Balaban J connectivity index is 1.69. The molecule has 1 heterocycles. The number of fused-ring (bicyclic) bond motifs is 1. The number of carbonyl (C=O) groups is 1. The molecule has 3 nitrogen and oxygen atoms in total. The number of hydrogen-bond donors (Lipinski definition) is 0. The normalized spacial score (nSPS) is 11.4. The summed E-state index contributed by atoms with van der Waals surface area (Å²) in [6.45, 7) is 2.34. The first-order valence-corrected chi connectivity index (χ1v) is 6.34. The minimum Gasteiger partial charge on any atom is -0.457 e. The van der Waals surface area contributed by atoms with E-state index >= 15 is 0 Å². The average Bonchev–Trinajstić information content (AvgIpc) is 3.25. The topological polar surface area (TPSA) is 38.8 Å². The van der Waals surface area contributed by atoms with Crippen molar-refractivity contribution in [2.24, 2.45) is 0 Å². The maximum Gasteiger partial charge on any atom is 0.342 e. The van der Waals surface area contributed by atoms with Crippen molar-refractivity contribution in [2.45, 2.75) is 20.0 Å². The van der Waals surface area contributed by atoms with Gasteiger partial charge in [-0.25, -0.2) is 4.79 Å². The fraction of sp³-hybridized carbons (Fsp3) is 0.188. The highest BCUT2D eigenvalue weighted by Gasteiger charge is 2.31. The molecule has 19 heavy (non-hydrogen) atoms. The highest BCUT2D eigenvalue weighted by atomic mass is 16.6. The van der Waals surface area contributed by atoms with Crippen LogP contribution in [0, 0.1) is 0 Å². The maximum absolute atomic E-state index is 12.0. The molecule has 1 aliphatic rings. The third kappa shape index (κ3) is 2.32. The monoisotopic (exact) mass is 254 g/mol. The second kappa shape index (κ2) is 4.76. The first-order valence-electron chi connectivity index (χ1n) is 6.34. The lowest BCUT2D eigenvalue weighted by molar-refractivity contribution is 0.0472. The van der Waals surface area contributed by atoms with Crippen LogP contribution in [0.1, 0.15) is 28.4 Å². The number of benzene rings is 2. The van der Waals surface area contributed by atoms with Gasteiger partial charge >= 0.3 is 5.97 Å². The molecule has 96 valence electrons. The van der Waals surface area contributed by atoms with Crippen LogP contribution < -0.4 is 4.74 Å². The molecule has 2 aromatic carbocycles. The van der Waals surface area contributed by atoms with E-state index in [9.17, 15) is 4.79 Å². The molecule has 0 spiro atoms. The molecule has 1 aliphatic heterocycles. The molecule has 3 rings (SSSR count). The number of hydrogen-bond acceptors (Lipinski definition) is 3. The predicted octanol–water partition coefficient (Wildman–Crippen LogP) is 3.71. The molecule has 0 atom stereocenters. The van der Waals surface area contributed by atoms with Crippen LogP contribution in [0.2, 0.25) is 0 Å². The summed E-state index contributed by atoms with van der Waals surface area (Å²) in [5.41, 5.74) is 2.63. The molecule has 0 saturated heterocycles. The fourth-order valence-corrected chi connectivity index (χ4v) is 2.04. The summed E-state index contributed by atoms with van der Waals surface area (Å²) in [6, 6.07) is 13.3. The Morgan fingerprint density at radius 3 is 2.63 bits per heavy atom. The molecular weight excluding hydrogens is 240 g/mol. The Morgan fingerprint density at radius 2 is 1.89 bits per heavy atom. The van der Waals surface area contributed by atoms with Crippen LogP contribution in [0.5, 0.6) is 11.5 Å². The van der Waals surface area contributed by atoms with Gasteiger partial charge in [0.1, 0.15) is 12.2 Å². The summed E-state index contributed by atoms with van der Waals surface area (Å²) in [6.07, 6.45) is 0.904. The van der Waals surface area contributed by atoms with E-state index in [4.69, 9.17) is 9.47 Å². The smallest absolute Gasteiger partial charge is 0.342 e. The van der Waals surface area contributed by atoms with Crippen LogP contribution in [-0.4, -0.2) is 5.97 Å². The number of aryl methyl sites for hydroxylation is 1. The third-order valence-corrected chi connectivity index (χ3v) is 3.17. The molecule has 0 N–H and O–H groups in total. The van der Waals surface area contributed by atoms with Gasteiger partial charge in [-0.05, 0) is 23.6 Å². The molecule has 2 aromatic rings. The zero-order valence-corrected chi connectivity index (χ0v) is 10.7. The second-order valence-electron chi connectivity index (χ2n) is 4.45. The van der Waals surface area contributed by atoms with E-state index < -0.39 is 0 Å². The molecule has 0 unspecified atom stereocenters. The highest BCUT2D eigenvalue weighted by Crippen LogP contribution is 2.51. The van der Waals surface area contributed by atoms with Gasteiger partial charge in [0.25, 0.3) is 0 Å². The van der Waals surface area contributed by atoms with Gasteiger partial charge < -0.3 is 9.47 Å². The zero-order chi connectivity index (χ0) is 13.2. The SMILES string of the molecule is CCc1ccc(C(=O)OCc2ccccc2)c2c1O2. The molecule has 0 bridgehead atoms. The molecule has 0 radical (unpaired) electrons. The average molecular weight is 254 g/mol. The summed E-state index contributed by atoms with van der Waals surface area (Å²) < 4.78 is 10.6. The molecule has 0 amide bonds. The predicted molar refractivity (Wildman–Crippen MR) is 71.5 cm³/mol. The minimum absolute atomic E-state index is 0.282. The summed E-state index contributed by atoms with van der Waals surface area (Å²) in [4.78, 5) is 12.0. The maximum atomic E-state index is 12.0. The first kappa shape index (κ1) is 11.8. The largest absolute Gasteiger partial charge is 0.457 e. The van der Waals surface area contributed by atoms with Crippen molar-refractivity contribution in [3.63, 3.8) is 0 Å². The number of ether oxygens (including phenoxy) is 2. The molecule has 0 aliphatic carbocycles. The van der Waals surface area contributed by atoms with Gasteiger partial charge in [-0.3, -0.25) is 0 Å². The quantitative estimate of drug-likeness (QED) is 0.526. The van der Waals surface area contributed by atoms with Crippen molar-refractivity contribution in [3.8, 4) is 11.5 Å². The number of rotatable bonds is 4. The molecule has 3 heteroatoms. The van der Waals surface area contributed by atoms with E-state index in [1.165, 1.54) is 0 Å². The zero-order valence-electron chi connectivity index (χ0n) is 10.7. The summed E-state index contributed by atoms with van der Waals surface area (Å²) in [5, 5.41) is 0. The van der Waals surface area contributed by atoms with Crippen molar-refractivity contribution < 1.29 is 14.3 Å². The van der Waals surface area contributed by atoms with E-state index in [1.807, 2.05) is 36.4 Å². The highest BCUT2D eigenvalue weighted by molar-refractivity contribution is 5.96. The second-order valence-corrected chi connectivity index (χ2v) is 4.45. The summed E-state index contributed by atoms with van der Waals surface area (Å²) in [5.74, 6) is 1.19. The van der Waals surface area contributed by atoms with Crippen LogP contribution >= 0.6 is 0 Å². The fourth-order valence-electron chi connectivity index (χ4n) is 2.04. The van der Waals surface area contributed by atoms with Crippen LogP contribution in [0.4, 0.5) is 0 Å². The van der Waals surface area contributed by atoms with Crippen molar-refractivity contribution in [1.29, 1.82) is 0 Å². The van der Waals surface area contributed by atoms with Gasteiger partial charge in [-0.15, -0.1) is 0 Å². The van der Waals surface area contributed by atoms with Gasteiger partial charge in [0, 0.05) is 0 Å². The van der Waals surface area contributed by atoms with Crippen LogP contribution in [0.15, 0.2) is 42.5 Å². The Morgan fingerprint density at radius 1 is 1.11 bits per heavy atom. The third-order valence-electron chi connectivity index (χ3n) is 3.17. The van der Waals surface area contributed by atoms with Gasteiger partial charge in [0.2, 0.25) is 0 Å². The van der Waals surface area contributed by atoms with Crippen molar-refractivity contribution in [2.75, 3.05) is 0 Å². The molecule has 0 aromatic heterocycles. The number of carbonyl (C=O) groups excluding carboxylic acids is 1. The molecule has 0 fully saturated rings. The lowest BCUT2D eigenvalue weighted by Crippen LogP contribution is -2.04. The van der Waals surface area contributed by atoms with Crippen molar-refractivity contribution in [1.82, 2.24) is 0 Å². The minimum atomic E-state index is -0.333. The van der Waals surface area contributed by atoms with Gasteiger partial charge in [0.15, 0.2) is 11.5 Å². The van der Waals surface area contributed by atoms with Crippen LogP contribution in [-0.2, 0) is 17.8 Å². The first-order chi connectivity index (χ1) is 9.29. The Labute approximate surface area is 111 Å². The van der Waals surface area contributed by atoms with E-state index in [0.29, 0.717) is 11.3 Å². The van der Waals surface area contributed by atoms with Crippen LogP contribution in [0.3, 0.4) is 0 Å². The number of esters is 1. The Hall–Kier alpha value is -2.29. The van der Waals surface area contributed by atoms with E-state index in [0.717, 1.165) is 23.3 Å². The lowest BCUT2D eigenvalue weighted by Gasteiger charge is -2.03. The lowest BCUT2D eigenvalue weighted by atomic mass is 10.1. The van der Waals surface area contributed by atoms with E-state index in [-0.39, 0.29) is 12.6 Å². The van der Waals surface area contributed by atoms with Gasteiger partial charge in [-0.2, -0.15) is 0 Å². The Kier molecular flexibility index (Phi) is 2.95. The van der Waals surface area contributed by atoms with E-state index in [2.05, 4.69) is 6.92 Å².